The molecule has 0 saturated heterocycles. The number of nitrogens with zero attached hydrogens (tertiary/aromatic N) is 2. The van der Waals surface area contributed by atoms with E-state index in [0.717, 1.165) is 66.4 Å². The summed E-state index contributed by atoms with van der Waals surface area (Å²) < 4.78 is 6.45. The standard InChI is InChI=1S/C47H30N2O/c1-3-11-34(12-4-1)47-48-44-27-24-33-20-21-37-28-36(23-26-42(37)45(33)46(44)50-47)35-13-9-16-39(29-35)49(38-14-5-2-6-15-38)40-25-22-32-19-18-31-10-7-8-17-41(31)43(32)30-40/h1-30H. The van der Waals surface area contributed by atoms with Crippen molar-refractivity contribution in [3.63, 3.8) is 0 Å². The molecular weight excluding hydrogens is 609 g/mol. The molecule has 9 aromatic carbocycles. The maximum Gasteiger partial charge on any atom is 0.227 e. The largest absolute Gasteiger partial charge is 0.435 e. The summed E-state index contributed by atoms with van der Waals surface area (Å²) >= 11 is 0. The lowest BCUT2D eigenvalue weighted by Crippen LogP contribution is -2.09. The Morgan fingerprint density at radius 2 is 1.02 bits per heavy atom. The Balaban J connectivity index is 1.10. The molecule has 0 aliphatic carbocycles. The van der Waals surface area contributed by atoms with Crippen LogP contribution in [0.1, 0.15) is 0 Å². The Bertz CT molecular complexity index is 2870. The Labute approximate surface area is 289 Å². The van der Waals surface area contributed by atoms with E-state index in [2.05, 4.69) is 157 Å². The Morgan fingerprint density at radius 1 is 0.380 bits per heavy atom. The third-order valence-electron chi connectivity index (χ3n) is 9.81. The summed E-state index contributed by atoms with van der Waals surface area (Å²) in [4.78, 5) is 7.19. The van der Waals surface area contributed by atoms with Crippen LogP contribution in [0.5, 0.6) is 0 Å². The van der Waals surface area contributed by atoms with Gasteiger partial charge < -0.3 is 9.32 Å². The minimum Gasteiger partial charge on any atom is -0.435 e. The molecular formula is C47H30N2O. The van der Waals surface area contributed by atoms with Crippen LogP contribution in [0.2, 0.25) is 0 Å². The zero-order valence-corrected chi connectivity index (χ0v) is 27.1. The minimum atomic E-state index is 0.640. The van der Waals surface area contributed by atoms with Crippen LogP contribution < -0.4 is 4.90 Å². The minimum absolute atomic E-state index is 0.640. The normalized spacial score (nSPS) is 11.6. The lowest BCUT2D eigenvalue weighted by atomic mass is 9.96. The molecule has 0 unspecified atom stereocenters. The van der Waals surface area contributed by atoms with Crippen molar-refractivity contribution < 1.29 is 4.42 Å². The van der Waals surface area contributed by atoms with E-state index in [0.29, 0.717) is 5.89 Å². The van der Waals surface area contributed by atoms with Crippen molar-refractivity contribution in [1.82, 2.24) is 4.98 Å². The summed E-state index contributed by atoms with van der Waals surface area (Å²) in [5.74, 6) is 0.640. The van der Waals surface area contributed by atoms with Gasteiger partial charge in [-0.25, -0.2) is 4.98 Å². The van der Waals surface area contributed by atoms with Gasteiger partial charge in [0.05, 0.1) is 0 Å². The van der Waals surface area contributed by atoms with Crippen molar-refractivity contribution in [2.24, 2.45) is 0 Å². The van der Waals surface area contributed by atoms with Crippen LogP contribution in [0.4, 0.5) is 17.1 Å². The van der Waals surface area contributed by atoms with Gasteiger partial charge in [0.2, 0.25) is 5.89 Å². The summed E-state index contributed by atoms with van der Waals surface area (Å²) in [5.41, 5.74) is 8.30. The van der Waals surface area contributed by atoms with Crippen LogP contribution in [0.25, 0.3) is 76.8 Å². The number of rotatable bonds is 5. The molecule has 10 rings (SSSR count). The maximum absolute atomic E-state index is 6.45. The summed E-state index contributed by atoms with van der Waals surface area (Å²) in [5, 5.41) is 9.52. The molecule has 0 aliphatic rings. The van der Waals surface area contributed by atoms with Crippen molar-refractivity contribution >= 4 is 71.3 Å². The van der Waals surface area contributed by atoms with Gasteiger partial charge in [0.25, 0.3) is 0 Å². The molecule has 0 bridgehead atoms. The van der Waals surface area contributed by atoms with Crippen LogP contribution in [-0.2, 0) is 0 Å². The fourth-order valence-electron chi connectivity index (χ4n) is 7.39. The van der Waals surface area contributed by atoms with Gasteiger partial charge in [-0.3, -0.25) is 0 Å². The zero-order valence-electron chi connectivity index (χ0n) is 27.1. The van der Waals surface area contributed by atoms with Gasteiger partial charge in [-0.15, -0.1) is 0 Å². The smallest absolute Gasteiger partial charge is 0.227 e. The van der Waals surface area contributed by atoms with Gasteiger partial charge >= 0.3 is 0 Å². The Morgan fingerprint density at radius 3 is 1.90 bits per heavy atom. The number of hydrogen-bond acceptors (Lipinski definition) is 3. The summed E-state index contributed by atoms with van der Waals surface area (Å²) in [7, 11) is 0. The molecule has 50 heavy (non-hydrogen) atoms. The van der Waals surface area contributed by atoms with Crippen LogP contribution >= 0.6 is 0 Å². The number of anilines is 3. The molecule has 10 aromatic rings. The van der Waals surface area contributed by atoms with Gasteiger partial charge in [-0.05, 0) is 109 Å². The molecule has 3 heteroatoms. The number of oxazole rings is 1. The molecule has 0 N–H and O–H groups in total. The summed E-state index contributed by atoms with van der Waals surface area (Å²) in [6, 6.07) is 64.7. The first-order valence-electron chi connectivity index (χ1n) is 17.0. The fourth-order valence-corrected chi connectivity index (χ4v) is 7.39. The van der Waals surface area contributed by atoms with Crippen LogP contribution in [0, 0.1) is 0 Å². The second-order valence-electron chi connectivity index (χ2n) is 12.8. The summed E-state index contributed by atoms with van der Waals surface area (Å²) in [6.07, 6.45) is 0. The third-order valence-corrected chi connectivity index (χ3v) is 9.81. The van der Waals surface area contributed by atoms with E-state index in [1.165, 1.54) is 21.5 Å². The highest BCUT2D eigenvalue weighted by Gasteiger charge is 2.16. The topological polar surface area (TPSA) is 29.3 Å². The molecule has 234 valence electrons. The molecule has 1 aromatic heterocycles. The SMILES string of the molecule is c1ccc(-c2nc3ccc4ccc5cc(-c6cccc(N(c7ccccc7)c7ccc8ccc9ccccc9c8c7)c6)ccc5c4c3o2)cc1. The van der Waals surface area contributed by atoms with E-state index in [9.17, 15) is 0 Å². The van der Waals surface area contributed by atoms with E-state index >= 15 is 0 Å². The first-order valence-corrected chi connectivity index (χ1v) is 17.0. The number of fused-ring (bicyclic) bond motifs is 8. The third kappa shape index (κ3) is 4.71. The second kappa shape index (κ2) is 11.5. The van der Waals surface area contributed by atoms with E-state index in [-0.39, 0.29) is 0 Å². The zero-order chi connectivity index (χ0) is 33.0. The highest BCUT2D eigenvalue weighted by molar-refractivity contribution is 6.18. The molecule has 1 heterocycles. The molecule has 0 fully saturated rings. The molecule has 0 saturated carbocycles. The molecule has 3 nitrogen and oxygen atoms in total. The number of aromatic nitrogens is 1. The first kappa shape index (κ1) is 28.3. The predicted molar refractivity (Wildman–Crippen MR) is 210 cm³/mol. The van der Waals surface area contributed by atoms with Crippen molar-refractivity contribution in [1.29, 1.82) is 0 Å². The quantitative estimate of drug-likeness (QED) is 0.176. The van der Waals surface area contributed by atoms with Gasteiger partial charge in [0.1, 0.15) is 5.52 Å². The number of hydrogen-bond donors (Lipinski definition) is 0. The highest BCUT2D eigenvalue weighted by Crippen LogP contribution is 2.40. The predicted octanol–water partition coefficient (Wildman–Crippen LogP) is 13.2. The molecule has 0 amide bonds. The maximum atomic E-state index is 6.45. The summed E-state index contributed by atoms with van der Waals surface area (Å²) in [6.45, 7) is 0. The van der Waals surface area contributed by atoms with E-state index in [1.54, 1.807) is 0 Å². The van der Waals surface area contributed by atoms with E-state index in [1.807, 2.05) is 30.3 Å². The van der Waals surface area contributed by atoms with Gasteiger partial charge in [0.15, 0.2) is 5.58 Å². The van der Waals surface area contributed by atoms with Crippen molar-refractivity contribution in [2.75, 3.05) is 4.90 Å². The molecule has 0 radical (unpaired) electrons. The van der Waals surface area contributed by atoms with Crippen molar-refractivity contribution in [2.45, 2.75) is 0 Å². The van der Waals surface area contributed by atoms with E-state index in [4.69, 9.17) is 9.40 Å². The van der Waals surface area contributed by atoms with Crippen LogP contribution in [0.3, 0.4) is 0 Å². The lowest BCUT2D eigenvalue weighted by molar-refractivity contribution is 0.623. The van der Waals surface area contributed by atoms with Gasteiger partial charge in [-0.1, -0.05) is 121 Å². The van der Waals surface area contributed by atoms with Crippen LogP contribution in [0.15, 0.2) is 186 Å². The van der Waals surface area contributed by atoms with Crippen LogP contribution in [-0.4, -0.2) is 4.98 Å². The van der Waals surface area contributed by atoms with Gasteiger partial charge in [-0.2, -0.15) is 0 Å². The lowest BCUT2D eigenvalue weighted by Gasteiger charge is -2.26. The Hall–Kier alpha value is -6.71. The van der Waals surface area contributed by atoms with Gasteiger partial charge in [0, 0.05) is 28.0 Å². The Kier molecular flexibility index (Phi) is 6.49. The monoisotopic (exact) mass is 638 g/mol. The highest BCUT2D eigenvalue weighted by atomic mass is 16.3. The fraction of sp³-hybridized carbons (Fsp3) is 0. The molecule has 0 aliphatic heterocycles. The number of para-hydroxylation sites is 1. The van der Waals surface area contributed by atoms with Crippen molar-refractivity contribution in [3.05, 3.63) is 182 Å². The number of benzene rings is 9. The second-order valence-corrected chi connectivity index (χ2v) is 12.8. The molecule has 0 spiro atoms. The molecule has 0 atom stereocenters. The average Bonchev–Trinajstić information content (AvgIpc) is 3.63. The van der Waals surface area contributed by atoms with E-state index < -0.39 is 0 Å². The van der Waals surface area contributed by atoms with Crippen molar-refractivity contribution in [3.8, 4) is 22.6 Å². The first-order chi connectivity index (χ1) is 24.8. The average molecular weight is 639 g/mol.